The van der Waals surface area contributed by atoms with Crippen LogP contribution >= 0.6 is 11.3 Å². The van der Waals surface area contributed by atoms with Crippen LogP contribution in [0.15, 0.2) is 22.6 Å². The molecule has 0 unspecified atom stereocenters. The third-order valence-electron chi connectivity index (χ3n) is 2.19. The summed E-state index contributed by atoms with van der Waals surface area (Å²) in [7, 11) is 1.63. The van der Waals surface area contributed by atoms with E-state index in [1.807, 2.05) is 0 Å². The number of hydrogen-bond donors (Lipinski definition) is 2. The lowest BCUT2D eigenvalue weighted by Crippen LogP contribution is -2.21. The Kier molecular flexibility index (Phi) is 3.38. The molecule has 0 aliphatic rings. The van der Waals surface area contributed by atoms with Gasteiger partial charge < -0.3 is 15.0 Å². The lowest BCUT2D eigenvalue weighted by atomic mass is 10.5. The van der Waals surface area contributed by atoms with Crippen LogP contribution in [0, 0.1) is 0 Å². The Morgan fingerprint density at radius 1 is 1.61 bits per heavy atom. The van der Waals surface area contributed by atoms with Crippen molar-refractivity contribution in [3.05, 3.63) is 38.8 Å². The Bertz CT molecular complexity index is 634. The molecule has 0 saturated heterocycles. The molecule has 7 nitrogen and oxygen atoms in total. The quantitative estimate of drug-likeness (QED) is 0.838. The van der Waals surface area contributed by atoms with Gasteiger partial charge in [0.25, 0.3) is 5.56 Å². The zero-order valence-corrected chi connectivity index (χ0v) is 10.3. The third-order valence-corrected chi connectivity index (χ3v) is 3.04. The Balaban J connectivity index is 2.09. The molecule has 0 aromatic carbocycles. The molecule has 0 aliphatic heterocycles. The fourth-order valence-corrected chi connectivity index (χ4v) is 1.98. The number of anilines is 1. The van der Waals surface area contributed by atoms with E-state index in [1.54, 1.807) is 13.2 Å². The molecule has 0 radical (unpaired) electrons. The van der Waals surface area contributed by atoms with E-state index in [2.05, 4.69) is 15.3 Å². The second kappa shape index (κ2) is 4.96. The van der Waals surface area contributed by atoms with Crippen LogP contribution in [-0.4, -0.2) is 25.6 Å². The molecule has 94 valence electrons. The number of rotatable bonds is 4. The van der Waals surface area contributed by atoms with Crippen molar-refractivity contribution in [2.24, 2.45) is 7.05 Å². The van der Waals surface area contributed by atoms with Crippen molar-refractivity contribution < 1.29 is 9.90 Å². The van der Waals surface area contributed by atoms with Crippen molar-refractivity contribution in [3.63, 3.8) is 0 Å². The van der Waals surface area contributed by atoms with Gasteiger partial charge in [-0.25, -0.2) is 14.8 Å². The summed E-state index contributed by atoms with van der Waals surface area (Å²) in [6.07, 6.45) is 3.06. The zero-order valence-electron chi connectivity index (χ0n) is 9.45. The zero-order chi connectivity index (χ0) is 13.1. The van der Waals surface area contributed by atoms with Crippen LogP contribution < -0.4 is 10.9 Å². The molecule has 0 fully saturated rings. The maximum atomic E-state index is 11.6. The average Bonchev–Trinajstić information content (AvgIpc) is 2.80. The van der Waals surface area contributed by atoms with Gasteiger partial charge in [0.2, 0.25) is 0 Å². The van der Waals surface area contributed by atoms with Gasteiger partial charge in [-0.05, 0) is 0 Å². The molecule has 18 heavy (non-hydrogen) atoms. The van der Waals surface area contributed by atoms with E-state index in [9.17, 15) is 9.59 Å². The Morgan fingerprint density at radius 3 is 3.06 bits per heavy atom. The predicted molar refractivity (Wildman–Crippen MR) is 65.9 cm³/mol. The molecule has 0 bridgehead atoms. The summed E-state index contributed by atoms with van der Waals surface area (Å²) < 4.78 is 1.40. The van der Waals surface area contributed by atoms with E-state index in [-0.39, 0.29) is 23.6 Å². The summed E-state index contributed by atoms with van der Waals surface area (Å²) in [4.78, 5) is 30.1. The molecule has 2 aromatic heterocycles. The molecule has 0 atom stereocenters. The number of hydrogen-bond acceptors (Lipinski definition) is 6. The lowest BCUT2D eigenvalue weighted by Gasteiger charge is -2.03. The number of thiazole rings is 1. The van der Waals surface area contributed by atoms with Gasteiger partial charge in [-0.2, -0.15) is 0 Å². The van der Waals surface area contributed by atoms with Gasteiger partial charge in [0, 0.05) is 24.8 Å². The van der Waals surface area contributed by atoms with E-state index in [1.165, 1.54) is 27.5 Å². The minimum absolute atomic E-state index is 0.00530. The first-order valence-electron chi connectivity index (χ1n) is 5.01. The number of nitrogens with one attached hydrogen (secondary N) is 1. The molecule has 0 spiro atoms. The molecule has 2 aromatic rings. The van der Waals surface area contributed by atoms with Gasteiger partial charge in [0.15, 0.2) is 11.5 Å². The molecule has 8 heteroatoms. The second-order valence-electron chi connectivity index (χ2n) is 3.48. The number of carboxylic acid groups (broad SMARTS) is 1. The van der Waals surface area contributed by atoms with E-state index < -0.39 is 5.97 Å². The molecule has 0 aliphatic carbocycles. The third kappa shape index (κ3) is 2.54. The largest absolute Gasteiger partial charge is 0.476 e. The monoisotopic (exact) mass is 266 g/mol. The van der Waals surface area contributed by atoms with Crippen LogP contribution in [0.4, 0.5) is 5.82 Å². The maximum absolute atomic E-state index is 11.6. The van der Waals surface area contributed by atoms with Crippen LogP contribution in [0.3, 0.4) is 0 Å². The number of nitrogens with zero attached hydrogens (tertiary/aromatic N) is 3. The van der Waals surface area contributed by atoms with Gasteiger partial charge in [0.05, 0.1) is 6.54 Å². The van der Waals surface area contributed by atoms with Gasteiger partial charge in [0.1, 0.15) is 5.01 Å². The van der Waals surface area contributed by atoms with E-state index in [4.69, 9.17) is 5.11 Å². The van der Waals surface area contributed by atoms with Crippen molar-refractivity contribution >= 4 is 23.1 Å². The molecular weight excluding hydrogens is 256 g/mol. The fourth-order valence-electron chi connectivity index (χ4n) is 1.27. The minimum atomic E-state index is -1.06. The maximum Gasteiger partial charge on any atom is 0.355 e. The Morgan fingerprint density at radius 2 is 2.39 bits per heavy atom. The first-order valence-corrected chi connectivity index (χ1v) is 5.89. The molecule has 2 N–H and O–H groups in total. The smallest absolute Gasteiger partial charge is 0.355 e. The summed E-state index contributed by atoms with van der Waals surface area (Å²) in [5.74, 6) is -0.849. The van der Waals surface area contributed by atoms with Crippen LogP contribution in [0.2, 0.25) is 0 Å². The topological polar surface area (TPSA) is 97.1 Å². The van der Waals surface area contributed by atoms with E-state index in [0.717, 1.165) is 0 Å². The predicted octanol–water partition coefficient (Wildman–Crippen LogP) is 0.547. The summed E-state index contributed by atoms with van der Waals surface area (Å²) in [6.45, 7) is 0.268. The normalized spacial score (nSPS) is 10.3. The number of carbonyl (C=O) groups is 1. The van der Waals surface area contributed by atoms with Crippen LogP contribution in [0.1, 0.15) is 15.5 Å². The molecule has 0 saturated carbocycles. The number of carboxylic acids is 1. The van der Waals surface area contributed by atoms with Crippen molar-refractivity contribution in [1.29, 1.82) is 0 Å². The SMILES string of the molecule is Cn1ccnc(NCc2nc(C(=O)O)cs2)c1=O. The highest BCUT2D eigenvalue weighted by Gasteiger charge is 2.09. The Hall–Kier alpha value is -2.22. The van der Waals surface area contributed by atoms with Crippen LogP contribution in [0.25, 0.3) is 0 Å². The van der Waals surface area contributed by atoms with Gasteiger partial charge >= 0.3 is 5.97 Å². The van der Waals surface area contributed by atoms with E-state index in [0.29, 0.717) is 5.01 Å². The molecule has 2 rings (SSSR count). The summed E-state index contributed by atoms with van der Waals surface area (Å²) in [5, 5.41) is 13.6. The van der Waals surface area contributed by atoms with Crippen LogP contribution in [0.5, 0.6) is 0 Å². The average molecular weight is 266 g/mol. The first kappa shape index (κ1) is 12.2. The second-order valence-corrected chi connectivity index (χ2v) is 4.42. The standard InChI is InChI=1S/C10H10N4O3S/c1-14-3-2-11-8(9(14)15)12-4-7-13-6(5-18-7)10(16)17/h2-3,5H,4H2,1H3,(H,11,12)(H,16,17). The number of aromatic nitrogens is 3. The van der Waals surface area contributed by atoms with Crippen molar-refractivity contribution in [1.82, 2.24) is 14.5 Å². The summed E-state index contributed by atoms with van der Waals surface area (Å²) in [5.41, 5.74) is -0.238. The van der Waals surface area contributed by atoms with Gasteiger partial charge in [-0.15, -0.1) is 11.3 Å². The lowest BCUT2D eigenvalue weighted by molar-refractivity contribution is 0.0691. The van der Waals surface area contributed by atoms with E-state index >= 15 is 0 Å². The highest BCUT2D eigenvalue weighted by atomic mass is 32.1. The number of aromatic carboxylic acids is 1. The molecular formula is C10H10N4O3S. The van der Waals surface area contributed by atoms with Gasteiger partial charge in [-0.3, -0.25) is 4.79 Å². The Labute approximate surface area is 106 Å². The van der Waals surface area contributed by atoms with Crippen LogP contribution in [-0.2, 0) is 13.6 Å². The molecule has 0 amide bonds. The minimum Gasteiger partial charge on any atom is -0.476 e. The van der Waals surface area contributed by atoms with Crippen molar-refractivity contribution in [3.8, 4) is 0 Å². The highest BCUT2D eigenvalue weighted by Crippen LogP contribution is 2.10. The fraction of sp³-hybridized carbons (Fsp3) is 0.200. The number of aryl methyl sites for hydroxylation is 1. The van der Waals surface area contributed by atoms with Crippen molar-refractivity contribution in [2.45, 2.75) is 6.54 Å². The van der Waals surface area contributed by atoms with Crippen molar-refractivity contribution in [2.75, 3.05) is 5.32 Å². The van der Waals surface area contributed by atoms with Gasteiger partial charge in [-0.1, -0.05) is 0 Å². The first-order chi connectivity index (χ1) is 8.58. The highest BCUT2D eigenvalue weighted by molar-refractivity contribution is 7.09. The molecule has 2 heterocycles. The summed E-state index contributed by atoms with van der Waals surface area (Å²) in [6, 6.07) is 0. The summed E-state index contributed by atoms with van der Waals surface area (Å²) >= 11 is 1.22.